The summed E-state index contributed by atoms with van der Waals surface area (Å²) in [6.07, 6.45) is 3.37. The maximum Gasteiger partial charge on any atom is 0.0268 e. The van der Waals surface area contributed by atoms with Crippen LogP contribution in [0.5, 0.6) is 0 Å². The van der Waals surface area contributed by atoms with Crippen LogP contribution in [0, 0.1) is 0 Å². The molecule has 0 amide bonds. The Hall–Kier alpha value is 0.180. The van der Waals surface area contributed by atoms with Gasteiger partial charge in [0.2, 0.25) is 0 Å². The van der Waals surface area contributed by atoms with E-state index in [0.717, 1.165) is 13.1 Å². The van der Waals surface area contributed by atoms with Gasteiger partial charge < -0.3 is 5.32 Å². The van der Waals surface area contributed by atoms with Crippen LogP contribution in [0.15, 0.2) is 10.6 Å². The van der Waals surface area contributed by atoms with Crippen LogP contribution in [0.25, 0.3) is 0 Å². The van der Waals surface area contributed by atoms with Gasteiger partial charge in [0.25, 0.3) is 0 Å². The predicted octanol–water partition coefficient (Wildman–Crippen LogP) is 1.26. The molecule has 7 heavy (non-hydrogen) atoms. The summed E-state index contributed by atoms with van der Waals surface area (Å²) in [5.41, 5.74) is 0. The molecule has 40 valence electrons. The second kappa shape index (κ2) is 2.48. The Kier molecular flexibility index (Phi) is 1.88. The largest absolute Gasteiger partial charge is 0.312 e. The quantitative estimate of drug-likeness (QED) is 0.565. The first-order valence-corrected chi connectivity index (χ1v) is 3.24. The summed E-state index contributed by atoms with van der Waals surface area (Å²) < 4.78 is 1.29. The van der Waals surface area contributed by atoms with Crippen molar-refractivity contribution in [1.82, 2.24) is 5.32 Å². The van der Waals surface area contributed by atoms with E-state index in [2.05, 4.69) is 27.3 Å². The molecule has 1 nitrogen and oxygen atoms in total. The lowest BCUT2D eigenvalue weighted by molar-refractivity contribution is 0.724. The summed E-state index contributed by atoms with van der Waals surface area (Å²) in [4.78, 5) is 0. The van der Waals surface area contributed by atoms with E-state index in [4.69, 9.17) is 0 Å². The molecule has 0 saturated carbocycles. The molecule has 0 aromatic rings. The molecule has 0 aliphatic carbocycles. The molecule has 0 radical (unpaired) electrons. The van der Waals surface area contributed by atoms with Crippen molar-refractivity contribution in [2.45, 2.75) is 6.42 Å². The van der Waals surface area contributed by atoms with Crippen molar-refractivity contribution >= 4 is 15.9 Å². The third-order valence-electron chi connectivity index (χ3n) is 0.981. The molecular formula is C5H8BrN. The molecule has 0 fully saturated rings. The average Bonchev–Trinajstić information content (AvgIpc) is 1.69. The molecule has 0 aromatic carbocycles. The van der Waals surface area contributed by atoms with Gasteiger partial charge in [-0.1, -0.05) is 22.0 Å². The van der Waals surface area contributed by atoms with Crippen LogP contribution >= 0.6 is 15.9 Å². The molecule has 0 spiro atoms. The Labute approximate surface area is 51.9 Å². The number of rotatable bonds is 0. The fraction of sp³-hybridized carbons (Fsp3) is 0.600. The van der Waals surface area contributed by atoms with Gasteiger partial charge in [0.15, 0.2) is 0 Å². The second-order valence-electron chi connectivity index (χ2n) is 1.62. The fourth-order valence-corrected chi connectivity index (χ4v) is 1.04. The zero-order valence-corrected chi connectivity index (χ0v) is 5.66. The monoisotopic (exact) mass is 161 g/mol. The SMILES string of the molecule is BrC1=CCCNC1. The highest BCUT2D eigenvalue weighted by Crippen LogP contribution is 2.06. The Morgan fingerprint density at radius 1 is 1.71 bits per heavy atom. The topological polar surface area (TPSA) is 12.0 Å². The normalized spacial score (nSPS) is 21.6. The smallest absolute Gasteiger partial charge is 0.0268 e. The van der Waals surface area contributed by atoms with E-state index in [1.807, 2.05) is 0 Å². The Morgan fingerprint density at radius 2 is 2.57 bits per heavy atom. The van der Waals surface area contributed by atoms with E-state index in [1.165, 1.54) is 10.9 Å². The summed E-state index contributed by atoms with van der Waals surface area (Å²) in [5, 5.41) is 3.22. The Balaban J connectivity index is 2.40. The summed E-state index contributed by atoms with van der Waals surface area (Å²) in [6, 6.07) is 0. The van der Waals surface area contributed by atoms with E-state index < -0.39 is 0 Å². The van der Waals surface area contributed by atoms with E-state index >= 15 is 0 Å². The third kappa shape index (κ3) is 1.61. The molecular weight excluding hydrogens is 154 g/mol. The lowest BCUT2D eigenvalue weighted by Crippen LogP contribution is -2.19. The zero-order chi connectivity index (χ0) is 5.11. The maximum absolute atomic E-state index is 3.39. The molecule has 1 heterocycles. The van der Waals surface area contributed by atoms with E-state index in [9.17, 15) is 0 Å². The van der Waals surface area contributed by atoms with E-state index in [0.29, 0.717) is 0 Å². The van der Waals surface area contributed by atoms with Gasteiger partial charge in [-0.3, -0.25) is 0 Å². The van der Waals surface area contributed by atoms with Gasteiger partial charge in [0, 0.05) is 11.0 Å². The number of halogens is 1. The summed E-state index contributed by atoms with van der Waals surface area (Å²) in [7, 11) is 0. The lowest BCUT2D eigenvalue weighted by atomic mass is 10.3. The van der Waals surface area contributed by atoms with Crippen LogP contribution in [0.2, 0.25) is 0 Å². The first kappa shape index (κ1) is 5.32. The minimum absolute atomic E-state index is 1.01. The van der Waals surface area contributed by atoms with Crippen molar-refractivity contribution in [2.75, 3.05) is 13.1 Å². The second-order valence-corrected chi connectivity index (χ2v) is 2.64. The molecule has 0 unspecified atom stereocenters. The molecule has 0 saturated heterocycles. The van der Waals surface area contributed by atoms with Crippen LogP contribution in [0.4, 0.5) is 0 Å². The molecule has 2 heteroatoms. The standard InChI is InChI=1S/C5H8BrN/c6-5-2-1-3-7-4-5/h2,7H,1,3-4H2. The fourth-order valence-electron chi connectivity index (χ4n) is 0.611. The molecule has 1 aliphatic heterocycles. The number of hydrogen-bond acceptors (Lipinski definition) is 1. The van der Waals surface area contributed by atoms with Gasteiger partial charge in [-0.2, -0.15) is 0 Å². The van der Waals surface area contributed by atoms with Crippen molar-refractivity contribution in [3.05, 3.63) is 10.6 Å². The van der Waals surface area contributed by atoms with Gasteiger partial charge in [0.05, 0.1) is 0 Å². The van der Waals surface area contributed by atoms with Gasteiger partial charge in [-0.25, -0.2) is 0 Å². The first-order valence-electron chi connectivity index (χ1n) is 2.45. The Morgan fingerprint density at radius 3 is 2.86 bits per heavy atom. The zero-order valence-electron chi connectivity index (χ0n) is 4.08. The van der Waals surface area contributed by atoms with Gasteiger partial charge in [-0.15, -0.1) is 0 Å². The van der Waals surface area contributed by atoms with Crippen LogP contribution < -0.4 is 5.32 Å². The first-order chi connectivity index (χ1) is 3.39. The third-order valence-corrected chi connectivity index (χ3v) is 1.58. The van der Waals surface area contributed by atoms with Gasteiger partial charge >= 0.3 is 0 Å². The predicted molar refractivity (Wildman–Crippen MR) is 34.5 cm³/mol. The van der Waals surface area contributed by atoms with Gasteiger partial charge in [0.1, 0.15) is 0 Å². The van der Waals surface area contributed by atoms with Gasteiger partial charge in [-0.05, 0) is 13.0 Å². The van der Waals surface area contributed by atoms with E-state index in [1.54, 1.807) is 0 Å². The van der Waals surface area contributed by atoms with Crippen LogP contribution in [0.3, 0.4) is 0 Å². The van der Waals surface area contributed by atoms with Crippen molar-refractivity contribution in [1.29, 1.82) is 0 Å². The minimum Gasteiger partial charge on any atom is -0.312 e. The molecule has 0 atom stereocenters. The van der Waals surface area contributed by atoms with Crippen molar-refractivity contribution < 1.29 is 0 Å². The summed E-state index contributed by atoms with van der Waals surface area (Å²) >= 11 is 3.39. The highest BCUT2D eigenvalue weighted by Gasteiger charge is 1.95. The highest BCUT2D eigenvalue weighted by atomic mass is 79.9. The minimum atomic E-state index is 1.01. The van der Waals surface area contributed by atoms with Crippen LogP contribution in [0.1, 0.15) is 6.42 Å². The van der Waals surface area contributed by atoms with E-state index in [-0.39, 0.29) is 0 Å². The number of nitrogens with one attached hydrogen (secondary N) is 1. The molecule has 1 aliphatic rings. The lowest BCUT2D eigenvalue weighted by Gasteiger charge is -2.06. The molecule has 0 bridgehead atoms. The van der Waals surface area contributed by atoms with Crippen molar-refractivity contribution in [3.63, 3.8) is 0 Å². The number of hydrogen-bond donors (Lipinski definition) is 1. The molecule has 1 rings (SSSR count). The van der Waals surface area contributed by atoms with Crippen LogP contribution in [-0.4, -0.2) is 13.1 Å². The highest BCUT2D eigenvalue weighted by molar-refractivity contribution is 9.11. The Bertz CT molecular complexity index is 88.1. The summed E-state index contributed by atoms with van der Waals surface area (Å²) in [6.45, 7) is 2.15. The molecule has 1 N–H and O–H groups in total. The van der Waals surface area contributed by atoms with Crippen molar-refractivity contribution in [3.8, 4) is 0 Å². The van der Waals surface area contributed by atoms with Crippen molar-refractivity contribution in [2.24, 2.45) is 0 Å². The maximum atomic E-state index is 3.39. The summed E-state index contributed by atoms with van der Waals surface area (Å²) in [5.74, 6) is 0. The average molecular weight is 162 g/mol. The molecule has 0 aromatic heterocycles. The van der Waals surface area contributed by atoms with Crippen LogP contribution in [-0.2, 0) is 0 Å².